The minimum Gasteiger partial charge on any atom is -0.367 e. The van der Waals surface area contributed by atoms with E-state index >= 15 is 0 Å². The molecule has 30 heavy (non-hydrogen) atoms. The number of benzene rings is 2. The third kappa shape index (κ3) is 3.46. The van der Waals surface area contributed by atoms with Gasteiger partial charge in [0.05, 0.1) is 12.1 Å². The molecule has 1 saturated carbocycles. The normalized spacial score (nSPS) is 25.8. The fraction of sp³-hybridized carbons (Fsp3) is 0.333. The van der Waals surface area contributed by atoms with Crippen LogP contribution in [0, 0.1) is 11.2 Å². The topological polar surface area (TPSA) is 51.2 Å². The maximum absolute atomic E-state index is 13.8. The van der Waals surface area contributed by atoms with Crippen molar-refractivity contribution in [3.05, 3.63) is 71.1 Å². The Kier molecular flexibility index (Phi) is 4.95. The molecule has 2 heterocycles. The van der Waals surface area contributed by atoms with E-state index in [-0.39, 0.29) is 17.1 Å². The summed E-state index contributed by atoms with van der Waals surface area (Å²) in [4.78, 5) is 17.2. The molecule has 1 aliphatic heterocycles. The summed E-state index contributed by atoms with van der Waals surface area (Å²) in [5.74, 6) is -0.00249. The average molecular weight is 425 g/mol. The predicted octanol–water partition coefficient (Wildman–Crippen LogP) is 5.71. The van der Waals surface area contributed by atoms with Crippen LogP contribution in [0.5, 0.6) is 0 Å². The van der Waals surface area contributed by atoms with Gasteiger partial charge in [-0.15, -0.1) is 0 Å². The summed E-state index contributed by atoms with van der Waals surface area (Å²) in [6, 6.07) is 13.8. The summed E-state index contributed by atoms with van der Waals surface area (Å²) in [5, 5.41) is 4.46. The van der Waals surface area contributed by atoms with Gasteiger partial charge in [0.2, 0.25) is 0 Å². The first-order valence-electron chi connectivity index (χ1n) is 10.3. The number of carbonyl (C=O) groups is 1. The van der Waals surface area contributed by atoms with E-state index in [0.29, 0.717) is 23.2 Å². The minimum absolute atomic E-state index is 0.0987. The lowest BCUT2D eigenvalue weighted by molar-refractivity contribution is -0.201. The van der Waals surface area contributed by atoms with Gasteiger partial charge in [-0.1, -0.05) is 11.6 Å². The number of carbonyl (C=O) groups excluding carboxylic acids is 1. The summed E-state index contributed by atoms with van der Waals surface area (Å²) in [7, 11) is 0. The van der Waals surface area contributed by atoms with Crippen LogP contribution in [0.2, 0.25) is 5.02 Å². The summed E-state index contributed by atoms with van der Waals surface area (Å²) in [6.45, 7) is 0.615. The number of ether oxygens (including phenoxy) is 1. The number of pyridine rings is 1. The Labute approximate surface area is 179 Å². The lowest BCUT2D eigenvalue weighted by Gasteiger charge is -2.51. The highest BCUT2D eigenvalue weighted by Gasteiger charge is 2.53. The molecule has 0 radical (unpaired) electrons. The first kappa shape index (κ1) is 19.5. The molecule has 1 N–H and O–H groups in total. The molecule has 1 aliphatic carbocycles. The van der Waals surface area contributed by atoms with E-state index in [2.05, 4.69) is 10.3 Å². The predicted molar refractivity (Wildman–Crippen MR) is 115 cm³/mol. The average Bonchev–Trinajstić information content (AvgIpc) is 2.74. The molecule has 154 valence electrons. The second-order valence-electron chi connectivity index (χ2n) is 8.39. The number of hydrogen-bond acceptors (Lipinski definition) is 3. The highest BCUT2D eigenvalue weighted by atomic mass is 35.5. The van der Waals surface area contributed by atoms with E-state index in [4.69, 9.17) is 16.3 Å². The van der Waals surface area contributed by atoms with Crippen molar-refractivity contribution >= 4 is 34.1 Å². The molecule has 4 nitrogen and oxygen atoms in total. The standard InChI is InChI=1S/C24H22ClFN2O2/c25-16-1-4-18(5-2-16)28-23(29)22-24(14-30-22)10-7-15(8-11-24)19-9-12-27-21-6-3-17(26)13-20(19)21/h1-6,9,12-13,15,22H,7-8,10-11,14H2,(H,28,29). The SMILES string of the molecule is O=C(Nc1ccc(Cl)cc1)C1OCC12CCC(c1ccnc3ccc(F)cc13)CC2. The number of aromatic nitrogens is 1. The van der Waals surface area contributed by atoms with Crippen molar-refractivity contribution in [2.24, 2.45) is 5.41 Å². The molecule has 2 aliphatic rings. The number of nitrogens with zero attached hydrogens (tertiary/aromatic N) is 1. The van der Waals surface area contributed by atoms with Crippen LogP contribution >= 0.6 is 11.6 Å². The van der Waals surface area contributed by atoms with E-state index in [1.54, 1.807) is 42.6 Å². The zero-order chi connectivity index (χ0) is 20.7. The van der Waals surface area contributed by atoms with Crippen molar-refractivity contribution in [1.29, 1.82) is 0 Å². The van der Waals surface area contributed by atoms with E-state index in [1.807, 2.05) is 6.07 Å². The van der Waals surface area contributed by atoms with Gasteiger partial charge in [0.1, 0.15) is 11.9 Å². The molecule has 6 heteroatoms. The maximum atomic E-state index is 13.8. The zero-order valence-electron chi connectivity index (χ0n) is 16.4. The molecule has 1 aromatic heterocycles. The van der Waals surface area contributed by atoms with E-state index in [0.717, 1.165) is 42.1 Å². The number of nitrogens with one attached hydrogen (secondary N) is 1. The van der Waals surface area contributed by atoms with Gasteiger partial charge in [-0.05, 0) is 85.7 Å². The summed E-state index contributed by atoms with van der Waals surface area (Å²) < 4.78 is 19.5. The van der Waals surface area contributed by atoms with Gasteiger partial charge >= 0.3 is 0 Å². The van der Waals surface area contributed by atoms with Crippen molar-refractivity contribution in [3.63, 3.8) is 0 Å². The summed E-state index contributed by atoms with van der Waals surface area (Å²) >= 11 is 5.91. The molecule has 1 saturated heterocycles. The molecule has 0 bridgehead atoms. The van der Waals surface area contributed by atoms with Gasteiger partial charge in [0.25, 0.3) is 5.91 Å². The monoisotopic (exact) mass is 424 g/mol. The second-order valence-corrected chi connectivity index (χ2v) is 8.82. The van der Waals surface area contributed by atoms with Gasteiger partial charge in [-0.25, -0.2) is 4.39 Å². The van der Waals surface area contributed by atoms with Crippen LogP contribution in [0.4, 0.5) is 10.1 Å². The van der Waals surface area contributed by atoms with Crippen molar-refractivity contribution in [1.82, 2.24) is 4.98 Å². The number of rotatable bonds is 3. The van der Waals surface area contributed by atoms with Gasteiger partial charge in [0.15, 0.2) is 0 Å². The second kappa shape index (κ2) is 7.64. The Morgan fingerprint density at radius 2 is 1.90 bits per heavy atom. The van der Waals surface area contributed by atoms with Crippen LogP contribution in [0.25, 0.3) is 10.9 Å². The van der Waals surface area contributed by atoms with E-state index in [9.17, 15) is 9.18 Å². The fourth-order valence-corrected chi connectivity index (χ4v) is 5.03. The summed E-state index contributed by atoms with van der Waals surface area (Å²) in [6.07, 6.45) is 5.09. The molecule has 2 fully saturated rings. The van der Waals surface area contributed by atoms with Crippen molar-refractivity contribution in [2.45, 2.75) is 37.7 Å². The largest absolute Gasteiger partial charge is 0.367 e. The highest BCUT2D eigenvalue weighted by Crippen LogP contribution is 2.51. The van der Waals surface area contributed by atoms with Crippen molar-refractivity contribution < 1.29 is 13.9 Å². The number of amides is 1. The highest BCUT2D eigenvalue weighted by molar-refractivity contribution is 6.30. The minimum atomic E-state index is -0.430. The molecule has 1 spiro atoms. The van der Waals surface area contributed by atoms with Gasteiger partial charge in [0, 0.05) is 27.7 Å². The van der Waals surface area contributed by atoms with Crippen LogP contribution in [-0.2, 0) is 9.53 Å². The number of halogens is 2. The molecule has 2 aromatic carbocycles. The first-order chi connectivity index (χ1) is 14.5. The molecule has 1 amide bonds. The Morgan fingerprint density at radius 1 is 1.13 bits per heavy atom. The number of hydrogen-bond donors (Lipinski definition) is 1. The zero-order valence-corrected chi connectivity index (χ0v) is 17.2. The van der Waals surface area contributed by atoms with Crippen LogP contribution in [0.15, 0.2) is 54.7 Å². The smallest absolute Gasteiger partial charge is 0.254 e. The van der Waals surface area contributed by atoms with Crippen LogP contribution in [-0.4, -0.2) is 23.6 Å². The molecular weight excluding hydrogens is 403 g/mol. The van der Waals surface area contributed by atoms with Gasteiger partial charge in [-0.2, -0.15) is 0 Å². The maximum Gasteiger partial charge on any atom is 0.254 e. The van der Waals surface area contributed by atoms with E-state index < -0.39 is 6.10 Å². The quantitative estimate of drug-likeness (QED) is 0.586. The van der Waals surface area contributed by atoms with Gasteiger partial charge < -0.3 is 10.1 Å². The third-order valence-corrected chi connectivity index (χ3v) is 6.85. The summed E-state index contributed by atoms with van der Waals surface area (Å²) in [5.41, 5.74) is 2.58. The fourth-order valence-electron chi connectivity index (χ4n) is 4.90. The Bertz CT molecular complexity index is 1090. The molecular formula is C24H22ClFN2O2. The van der Waals surface area contributed by atoms with Crippen LogP contribution in [0.1, 0.15) is 37.2 Å². The number of fused-ring (bicyclic) bond motifs is 1. The van der Waals surface area contributed by atoms with Crippen molar-refractivity contribution in [2.75, 3.05) is 11.9 Å². The number of anilines is 1. The first-order valence-corrected chi connectivity index (χ1v) is 10.6. The van der Waals surface area contributed by atoms with Crippen molar-refractivity contribution in [3.8, 4) is 0 Å². The third-order valence-electron chi connectivity index (χ3n) is 6.60. The lowest BCUT2D eigenvalue weighted by Crippen LogP contribution is -2.58. The molecule has 5 rings (SSSR count). The Morgan fingerprint density at radius 3 is 2.60 bits per heavy atom. The Balaban J connectivity index is 1.29. The van der Waals surface area contributed by atoms with Gasteiger partial charge in [-0.3, -0.25) is 9.78 Å². The lowest BCUT2D eigenvalue weighted by atomic mass is 9.63. The van der Waals surface area contributed by atoms with E-state index in [1.165, 1.54) is 6.07 Å². The molecule has 3 aromatic rings. The molecule has 1 unspecified atom stereocenters. The van der Waals surface area contributed by atoms with Crippen LogP contribution < -0.4 is 5.32 Å². The molecule has 1 atom stereocenters. The Hall–Kier alpha value is -2.50. The van der Waals surface area contributed by atoms with Crippen LogP contribution in [0.3, 0.4) is 0 Å².